The van der Waals surface area contributed by atoms with Crippen LogP contribution in [0.3, 0.4) is 0 Å². The Hall–Kier alpha value is -3.84. The molecule has 0 aliphatic heterocycles. The molecule has 0 amide bonds. The lowest BCUT2D eigenvalue weighted by atomic mass is 10.0. The van der Waals surface area contributed by atoms with E-state index < -0.39 is 0 Å². The van der Waals surface area contributed by atoms with Crippen LogP contribution in [0.2, 0.25) is 0 Å². The number of hydrogen-bond donors (Lipinski definition) is 0. The molecule has 0 fully saturated rings. The monoisotopic (exact) mass is 406 g/mol. The van der Waals surface area contributed by atoms with Gasteiger partial charge in [0, 0.05) is 0 Å². The molecule has 0 N–H and O–H groups in total. The van der Waals surface area contributed by atoms with Crippen molar-refractivity contribution >= 4 is 0 Å². The molecule has 0 spiro atoms. The molecule has 0 unspecified atom stereocenters. The summed E-state index contributed by atoms with van der Waals surface area (Å²) >= 11 is 0. The zero-order valence-electron chi connectivity index (χ0n) is 18.4. The van der Waals surface area contributed by atoms with Crippen molar-refractivity contribution in [1.29, 1.82) is 0 Å². The van der Waals surface area contributed by atoms with Gasteiger partial charge in [0.25, 0.3) is 0 Å². The Bertz CT molecular complexity index is 1030. The van der Waals surface area contributed by atoms with E-state index in [9.17, 15) is 0 Å². The lowest BCUT2D eigenvalue weighted by molar-refractivity contribution is 0.415. The first-order valence-corrected chi connectivity index (χ1v) is 10.2. The van der Waals surface area contributed by atoms with Gasteiger partial charge in [0.2, 0.25) is 0 Å². The largest absolute Gasteiger partial charge is 0.497 e. The Morgan fingerprint density at radius 2 is 1.00 bits per heavy atom. The van der Waals surface area contributed by atoms with E-state index in [1.54, 1.807) is 19.3 Å². The number of rotatable bonds is 4. The Balaban J connectivity index is 0.000000189. The molecule has 0 saturated carbocycles. The summed E-state index contributed by atoms with van der Waals surface area (Å²) in [6.45, 7) is 8.84. The van der Waals surface area contributed by atoms with Crippen molar-refractivity contribution in [2.45, 2.75) is 6.92 Å². The fourth-order valence-corrected chi connectivity index (χ4v) is 2.87. The fraction of sp³-hybridized carbons (Fsp3) is 0.0667. The van der Waals surface area contributed by atoms with Crippen LogP contribution in [0.4, 0.5) is 0 Å². The van der Waals surface area contributed by atoms with E-state index in [2.05, 4.69) is 92.9 Å². The van der Waals surface area contributed by atoms with Gasteiger partial charge in [-0.15, -0.1) is 0 Å². The minimum Gasteiger partial charge on any atom is -0.497 e. The topological polar surface area (TPSA) is 9.23 Å². The van der Waals surface area contributed by atoms with E-state index in [1.165, 1.54) is 27.8 Å². The first-order chi connectivity index (χ1) is 15.2. The Morgan fingerprint density at radius 3 is 1.45 bits per heavy atom. The molecule has 1 heteroatoms. The second-order valence-electron chi connectivity index (χ2n) is 6.80. The Labute approximate surface area is 187 Å². The highest BCUT2D eigenvalue weighted by Gasteiger charge is 1.96. The maximum Gasteiger partial charge on any atom is 0.118 e. The van der Waals surface area contributed by atoms with Crippen LogP contribution in [0.15, 0.2) is 135 Å². The first-order valence-electron chi connectivity index (χ1n) is 10.2. The zero-order valence-corrected chi connectivity index (χ0v) is 18.4. The van der Waals surface area contributed by atoms with Crippen LogP contribution in [0.1, 0.15) is 5.56 Å². The van der Waals surface area contributed by atoms with E-state index in [0.717, 1.165) is 5.75 Å². The van der Waals surface area contributed by atoms with E-state index >= 15 is 0 Å². The smallest absolute Gasteiger partial charge is 0.118 e. The first kappa shape index (κ1) is 23.4. The molecular weight excluding hydrogens is 376 g/mol. The summed E-state index contributed by atoms with van der Waals surface area (Å²) in [5.41, 5.74) is 6.33. The molecule has 0 heterocycles. The molecule has 0 aliphatic rings. The maximum atomic E-state index is 5.11. The third-order valence-corrected chi connectivity index (χ3v) is 4.49. The molecule has 4 aromatic carbocycles. The third kappa shape index (κ3) is 8.20. The minimum absolute atomic E-state index is 0.893. The predicted octanol–water partition coefficient (Wildman–Crippen LogP) is 8.38. The molecule has 0 atom stereocenters. The van der Waals surface area contributed by atoms with Crippen molar-refractivity contribution in [2.75, 3.05) is 7.11 Å². The summed E-state index contributed by atoms with van der Waals surface area (Å²) in [5, 5.41) is 0. The second-order valence-corrected chi connectivity index (χ2v) is 6.80. The van der Waals surface area contributed by atoms with Crippen LogP contribution in [0.25, 0.3) is 22.3 Å². The highest BCUT2D eigenvalue weighted by atomic mass is 16.5. The van der Waals surface area contributed by atoms with Gasteiger partial charge in [-0.2, -0.15) is 0 Å². The van der Waals surface area contributed by atoms with Gasteiger partial charge in [0.05, 0.1) is 7.11 Å². The summed E-state index contributed by atoms with van der Waals surface area (Å²) in [4.78, 5) is 0. The number of allylic oxidation sites excluding steroid dienone is 2. The number of benzene rings is 4. The maximum absolute atomic E-state index is 5.11. The van der Waals surface area contributed by atoms with E-state index in [-0.39, 0.29) is 0 Å². The van der Waals surface area contributed by atoms with Crippen molar-refractivity contribution in [2.24, 2.45) is 0 Å². The van der Waals surface area contributed by atoms with Gasteiger partial charge in [-0.25, -0.2) is 0 Å². The molecule has 156 valence electrons. The molecule has 31 heavy (non-hydrogen) atoms. The minimum atomic E-state index is 0.893. The molecule has 0 saturated heterocycles. The molecule has 0 bridgehead atoms. The standard InChI is InChI=1S/C13H12O.C13H12.C4H6/c1-14-13-9-7-12(8-10-13)11-5-3-2-4-6-11;1-11-6-5-9-13(10-11)12-7-3-2-4-8-12;1-3-4-2/h2-10H,1H3;2-10H,1H3;3-4H,1-2H2. The van der Waals surface area contributed by atoms with Crippen LogP contribution < -0.4 is 4.74 Å². The molecule has 4 rings (SSSR count). The van der Waals surface area contributed by atoms with Crippen LogP contribution in [-0.4, -0.2) is 7.11 Å². The summed E-state index contributed by atoms with van der Waals surface area (Å²) < 4.78 is 5.11. The summed E-state index contributed by atoms with van der Waals surface area (Å²) in [5.74, 6) is 0.893. The Morgan fingerprint density at radius 1 is 0.548 bits per heavy atom. The van der Waals surface area contributed by atoms with Gasteiger partial charge < -0.3 is 4.74 Å². The van der Waals surface area contributed by atoms with E-state index in [1.807, 2.05) is 36.4 Å². The van der Waals surface area contributed by atoms with Gasteiger partial charge in [0.15, 0.2) is 0 Å². The van der Waals surface area contributed by atoms with E-state index in [4.69, 9.17) is 4.74 Å². The fourth-order valence-electron chi connectivity index (χ4n) is 2.87. The second kappa shape index (κ2) is 13.4. The van der Waals surface area contributed by atoms with Crippen molar-refractivity contribution in [3.05, 3.63) is 140 Å². The molecule has 0 aliphatic carbocycles. The Kier molecular flexibility index (Phi) is 10.1. The van der Waals surface area contributed by atoms with Gasteiger partial charge in [-0.05, 0) is 41.3 Å². The van der Waals surface area contributed by atoms with Gasteiger partial charge in [-0.3, -0.25) is 0 Å². The quantitative estimate of drug-likeness (QED) is 0.309. The van der Waals surface area contributed by atoms with Crippen molar-refractivity contribution < 1.29 is 4.74 Å². The lowest BCUT2D eigenvalue weighted by Gasteiger charge is -2.02. The molecule has 4 aromatic rings. The van der Waals surface area contributed by atoms with Gasteiger partial charge in [-0.1, -0.05) is 128 Å². The van der Waals surface area contributed by atoms with Crippen molar-refractivity contribution in [3.8, 4) is 28.0 Å². The van der Waals surface area contributed by atoms with Crippen molar-refractivity contribution in [3.63, 3.8) is 0 Å². The van der Waals surface area contributed by atoms with E-state index in [0.29, 0.717) is 0 Å². The van der Waals surface area contributed by atoms with Crippen LogP contribution >= 0.6 is 0 Å². The van der Waals surface area contributed by atoms with Gasteiger partial charge in [0.1, 0.15) is 5.75 Å². The SMILES string of the molecule is C=CC=C.COc1ccc(-c2ccccc2)cc1.Cc1cccc(-c2ccccc2)c1. The molecular formula is C30H30O. The normalized spacial score (nSPS) is 9.23. The summed E-state index contributed by atoms with van der Waals surface area (Å²) in [6, 6.07) is 37.4. The van der Waals surface area contributed by atoms with Crippen LogP contribution in [0, 0.1) is 6.92 Å². The average Bonchev–Trinajstić information content (AvgIpc) is 2.86. The zero-order chi connectivity index (χ0) is 22.3. The molecule has 0 radical (unpaired) electrons. The molecule has 0 aromatic heterocycles. The highest BCUT2D eigenvalue weighted by molar-refractivity contribution is 5.64. The van der Waals surface area contributed by atoms with Gasteiger partial charge >= 0.3 is 0 Å². The number of aryl methyl sites for hydroxylation is 1. The third-order valence-electron chi connectivity index (χ3n) is 4.49. The van der Waals surface area contributed by atoms with Crippen LogP contribution in [0.5, 0.6) is 5.75 Å². The predicted molar refractivity (Wildman–Crippen MR) is 135 cm³/mol. The number of ether oxygens (including phenoxy) is 1. The molecule has 1 nitrogen and oxygen atoms in total. The van der Waals surface area contributed by atoms with Crippen molar-refractivity contribution in [1.82, 2.24) is 0 Å². The summed E-state index contributed by atoms with van der Waals surface area (Å²) in [6.07, 6.45) is 3.28. The summed E-state index contributed by atoms with van der Waals surface area (Å²) in [7, 11) is 1.68. The van der Waals surface area contributed by atoms with Crippen LogP contribution in [-0.2, 0) is 0 Å². The number of methoxy groups -OCH3 is 1. The average molecular weight is 407 g/mol. The lowest BCUT2D eigenvalue weighted by Crippen LogP contribution is -1.82. The number of hydrogen-bond acceptors (Lipinski definition) is 1. The highest BCUT2D eigenvalue weighted by Crippen LogP contribution is 2.21.